The highest BCUT2D eigenvalue weighted by atomic mass is 35.5. The van der Waals surface area contributed by atoms with Crippen molar-refractivity contribution >= 4 is 46.1 Å². The molecule has 152 valence electrons. The minimum Gasteiger partial charge on any atom is -0.232 e. The maximum absolute atomic E-state index is 6.56. The molecule has 0 radical (unpaired) electrons. The van der Waals surface area contributed by atoms with Crippen molar-refractivity contribution in [1.82, 2.24) is 9.78 Å². The minimum atomic E-state index is 0.645. The lowest BCUT2D eigenvalue weighted by molar-refractivity contribution is 0.893. The summed E-state index contributed by atoms with van der Waals surface area (Å²) in [6, 6.07) is 27.6. The first-order valence-electron chi connectivity index (χ1n) is 9.55. The zero-order valence-electron chi connectivity index (χ0n) is 16.1. The van der Waals surface area contributed by atoms with E-state index >= 15 is 0 Å². The Hall–Kier alpha value is -2.56. The molecule has 0 N–H and O–H groups in total. The van der Waals surface area contributed by atoms with Crippen molar-refractivity contribution in [1.29, 1.82) is 0 Å². The zero-order valence-corrected chi connectivity index (χ0v) is 19.2. The molecule has 0 saturated heterocycles. The van der Waals surface area contributed by atoms with Crippen LogP contribution < -0.4 is 0 Å². The van der Waals surface area contributed by atoms with Crippen molar-refractivity contribution in [2.24, 2.45) is 0 Å². The SMILES string of the molecule is Clc1ccc(-c2c(-c3ccccc3)c(-c3sccc3Cl)nn2-c2cccc(Cl)c2)cc1. The topological polar surface area (TPSA) is 17.8 Å². The van der Waals surface area contributed by atoms with E-state index in [1.54, 1.807) is 11.3 Å². The fourth-order valence-corrected chi connectivity index (χ4v) is 5.03. The highest BCUT2D eigenvalue weighted by molar-refractivity contribution is 7.14. The van der Waals surface area contributed by atoms with Gasteiger partial charge in [0, 0.05) is 21.2 Å². The Morgan fingerprint density at radius 3 is 2.16 bits per heavy atom. The Balaban J connectivity index is 1.90. The highest BCUT2D eigenvalue weighted by Gasteiger charge is 2.25. The van der Waals surface area contributed by atoms with Crippen molar-refractivity contribution in [3.8, 4) is 38.6 Å². The van der Waals surface area contributed by atoms with Crippen LogP contribution in [0.25, 0.3) is 38.6 Å². The first-order chi connectivity index (χ1) is 15.1. The monoisotopic (exact) mass is 480 g/mol. The average Bonchev–Trinajstić information content (AvgIpc) is 3.38. The second kappa shape index (κ2) is 8.52. The third-order valence-electron chi connectivity index (χ3n) is 4.95. The van der Waals surface area contributed by atoms with Gasteiger partial charge in [0.2, 0.25) is 0 Å². The van der Waals surface area contributed by atoms with Crippen LogP contribution in [0.1, 0.15) is 0 Å². The largest absolute Gasteiger partial charge is 0.232 e. The molecule has 0 saturated carbocycles. The molecule has 0 spiro atoms. The number of nitrogens with zero attached hydrogens (tertiary/aromatic N) is 2. The number of hydrogen-bond donors (Lipinski definition) is 0. The molecule has 3 aromatic carbocycles. The van der Waals surface area contributed by atoms with Crippen molar-refractivity contribution in [2.75, 3.05) is 0 Å². The van der Waals surface area contributed by atoms with E-state index in [2.05, 4.69) is 12.1 Å². The van der Waals surface area contributed by atoms with Crippen molar-refractivity contribution < 1.29 is 0 Å². The lowest BCUT2D eigenvalue weighted by Gasteiger charge is -2.11. The Morgan fingerprint density at radius 2 is 1.48 bits per heavy atom. The molecule has 0 atom stereocenters. The summed E-state index contributed by atoms with van der Waals surface area (Å²) in [7, 11) is 0. The molecule has 0 amide bonds. The predicted octanol–water partition coefficient (Wildman–Crippen LogP) is 8.89. The second-order valence-electron chi connectivity index (χ2n) is 6.93. The Morgan fingerprint density at radius 1 is 0.710 bits per heavy atom. The lowest BCUT2D eigenvalue weighted by Crippen LogP contribution is -1.99. The van der Waals surface area contributed by atoms with Gasteiger partial charge in [0.05, 0.1) is 21.3 Å². The van der Waals surface area contributed by atoms with E-state index in [4.69, 9.17) is 39.9 Å². The van der Waals surface area contributed by atoms with E-state index in [-0.39, 0.29) is 0 Å². The van der Waals surface area contributed by atoms with Crippen molar-refractivity contribution in [3.63, 3.8) is 0 Å². The van der Waals surface area contributed by atoms with Gasteiger partial charge in [0.15, 0.2) is 0 Å². The van der Waals surface area contributed by atoms with E-state index in [0.717, 1.165) is 38.6 Å². The molecule has 0 fully saturated rings. The van der Waals surface area contributed by atoms with Gasteiger partial charge in [-0.2, -0.15) is 5.10 Å². The van der Waals surface area contributed by atoms with Gasteiger partial charge in [-0.3, -0.25) is 0 Å². The number of thiophene rings is 1. The third-order valence-corrected chi connectivity index (χ3v) is 6.79. The predicted molar refractivity (Wildman–Crippen MR) is 133 cm³/mol. The van der Waals surface area contributed by atoms with Crippen LogP contribution in [-0.2, 0) is 0 Å². The maximum Gasteiger partial charge on any atom is 0.113 e. The van der Waals surface area contributed by atoms with Crippen molar-refractivity contribution in [3.05, 3.63) is 105 Å². The van der Waals surface area contributed by atoms with Gasteiger partial charge >= 0.3 is 0 Å². The molecule has 0 aliphatic rings. The summed E-state index contributed by atoms with van der Waals surface area (Å²) in [6.45, 7) is 0. The van der Waals surface area contributed by atoms with Gasteiger partial charge in [0.25, 0.3) is 0 Å². The molecule has 0 aliphatic heterocycles. The molecule has 0 unspecified atom stereocenters. The molecule has 31 heavy (non-hydrogen) atoms. The Kier molecular flexibility index (Phi) is 5.59. The summed E-state index contributed by atoms with van der Waals surface area (Å²) < 4.78 is 1.93. The number of aromatic nitrogens is 2. The van der Waals surface area contributed by atoms with Crippen LogP contribution in [0, 0.1) is 0 Å². The lowest BCUT2D eigenvalue weighted by atomic mass is 9.98. The fourth-order valence-electron chi connectivity index (χ4n) is 3.59. The second-order valence-corrected chi connectivity index (χ2v) is 9.13. The number of halogens is 3. The maximum atomic E-state index is 6.56. The van der Waals surface area contributed by atoms with Crippen LogP contribution in [0.2, 0.25) is 15.1 Å². The van der Waals surface area contributed by atoms with Gasteiger partial charge in [-0.25, -0.2) is 4.68 Å². The zero-order chi connectivity index (χ0) is 21.4. The summed E-state index contributed by atoms with van der Waals surface area (Å²) in [5, 5.41) is 9.04. The molecule has 5 aromatic rings. The van der Waals surface area contributed by atoms with Gasteiger partial charge in [-0.1, -0.05) is 83.3 Å². The smallest absolute Gasteiger partial charge is 0.113 e. The van der Waals surface area contributed by atoms with Gasteiger partial charge in [-0.15, -0.1) is 11.3 Å². The average molecular weight is 482 g/mol. The standard InChI is InChI=1S/C25H15Cl3N2S/c26-18-11-9-17(10-12-18)24-22(16-5-2-1-3-6-16)23(25-21(28)13-14-31-25)29-30(24)20-8-4-7-19(27)15-20/h1-15H. The number of hydrogen-bond acceptors (Lipinski definition) is 2. The summed E-state index contributed by atoms with van der Waals surface area (Å²) in [5.74, 6) is 0. The van der Waals surface area contributed by atoms with E-state index in [9.17, 15) is 0 Å². The normalized spacial score (nSPS) is 11.1. The van der Waals surface area contributed by atoms with Crippen LogP contribution in [0.5, 0.6) is 0 Å². The molecule has 0 aliphatic carbocycles. The number of rotatable bonds is 4. The van der Waals surface area contributed by atoms with E-state index < -0.39 is 0 Å². The summed E-state index contributed by atoms with van der Waals surface area (Å²) in [5.41, 5.74) is 5.70. The first kappa shape index (κ1) is 20.3. The number of benzene rings is 3. The van der Waals surface area contributed by atoms with Gasteiger partial charge in [-0.05, 0) is 47.3 Å². The molecule has 2 heterocycles. The van der Waals surface area contributed by atoms with Crippen LogP contribution in [0.15, 0.2) is 90.3 Å². The summed E-state index contributed by atoms with van der Waals surface area (Å²) in [4.78, 5) is 0.927. The first-order valence-corrected chi connectivity index (χ1v) is 11.6. The van der Waals surface area contributed by atoms with E-state index in [1.807, 2.05) is 82.9 Å². The highest BCUT2D eigenvalue weighted by Crippen LogP contribution is 2.45. The summed E-state index contributed by atoms with van der Waals surface area (Å²) in [6.07, 6.45) is 0. The molecule has 0 bridgehead atoms. The molecule has 2 nitrogen and oxygen atoms in total. The quantitative estimate of drug-likeness (QED) is 0.250. The van der Waals surface area contributed by atoms with E-state index in [1.165, 1.54) is 0 Å². The molecule has 2 aromatic heterocycles. The molecular weight excluding hydrogens is 467 g/mol. The van der Waals surface area contributed by atoms with E-state index in [0.29, 0.717) is 15.1 Å². The Labute approximate surface area is 199 Å². The van der Waals surface area contributed by atoms with Gasteiger partial charge in [0.1, 0.15) is 5.69 Å². The fraction of sp³-hybridized carbons (Fsp3) is 0. The summed E-state index contributed by atoms with van der Waals surface area (Å²) >= 11 is 20.6. The molecule has 5 rings (SSSR count). The van der Waals surface area contributed by atoms with Crippen LogP contribution in [0.4, 0.5) is 0 Å². The molecular formula is C25H15Cl3N2S. The van der Waals surface area contributed by atoms with Gasteiger partial charge < -0.3 is 0 Å². The van der Waals surface area contributed by atoms with Crippen LogP contribution in [0.3, 0.4) is 0 Å². The van der Waals surface area contributed by atoms with Crippen LogP contribution >= 0.6 is 46.1 Å². The molecule has 6 heteroatoms. The minimum absolute atomic E-state index is 0.645. The third kappa shape index (κ3) is 3.90. The van der Waals surface area contributed by atoms with Crippen molar-refractivity contribution in [2.45, 2.75) is 0 Å². The Bertz CT molecular complexity index is 1360. The van der Waals surface area contributed by atoms with Crippen LogP contribution in [-0.4, -0.2) is 9.78 Å².